The van der Waals surface area contributed by atoms with Crippen LogP contribution in [0.2, 0.25) is 0 Å². The summed E-state index contributed by atoms with van der Waals surface area (Å²) in [7, 11) is 0. The molecular formula is C10H12BrF2N. The van der Waals surface area contributed by atoms with Crippen LogP contribution in [-0.4, -0.2) is 19.0 Å². The van der Waals surface area contributed by atoms with Crippen LogP contribution in [0.15, 0.2) is 22.2 Å². The molecule has 2 aliphatic rings. The van der Waals surface area contributed by atoms with E-state index in [1.807, 2.05) is 6.08 Å². The lowest BCUT2D eigenvalue weighted by Gasteiger charge is -2.32. The van der Waals surface area contributed by atoms with Crippen LogP contribution in [0.5, 0.6) is 0 Å². The number of nitrogens with one attached hydrogen (secondary N) is 1. The second-order valence-electron chi connectivity index (χ2n) is 3.72. The normalized spacial score (nSPS) is 32.3. The molecule has 2 rings (SSSR count). The lowest BCUT2D eigenvalue weighted by molar-refractivity contribution is 0.190. The van der Waals surface area contributed by atoms with E-state index in [1.165, 1.54) is 0 Å². The van der Waals surface area contributed by atoms with E-state index in [0.29, 0.717) is 10.4 Å². The van der Waals surface area contributed by atoms with Gasteiger partial charge in [0.1, 0.15) is 0 Å². The van der Waals surface area contributed by atoms with Crippen LogP contribution >= 0.6 is 15.9 Å². The van der Waals surface area contributed by atoms with Gasteiger partial charge in [-0.05, 0) is 25.3 Å². The average molecular weight is 264 g/mol. The molecule has 14 heavy (non-hydrogen) atoms. The molecule has 4 heteroatoms. The summed E-state index contributed by atoms with van der Waals surface area (Å²) in [5, 5.41) is 3.25. The maximum Gasteiger partial charge on any atom is 0.264 e. The van der Waals surface area contributed by atoms with E-state index in [1.54, 1.807) is 6.08 Å². The molecular weight excluding hydrogens is 252 g/mol. The van der Waals surface area contributed by atoms with Crippen molar-refractivity contribution in [3.8, 4) is 0 Å². The summed E-state index contributed by atoms with van der Waals surface area (Å²) in [6.07, 6.45) is 3.40. The van der Waals surface area contributed by atoms with Gasteiger partial charge in [-0.25, -0.2) is 8.78 Å². The molecule has 0 radical (unpaired) electrons. The highest BCUT2D eigenvalue weighted by Crippen LogP contribution is 2.34. The highest BCUT2D eigenvalue weighted by Gasteiger charge is 2.28. The predicted molar refractivity (Wildman–Crippen MR) is 55.6 cm³/mol. The highest BCUT2D eigenvalue weighted by atomic mass is 79.9. The molecule has 1 aliphatic heterocycles. The third-order valence-corrected chi connectivity index (χ3v) is 3.51. The Bertz CT molecular complexity index is 286. The number of rotatable bonds is 1. The van der Waals surface area contributed by atoms with E-state index in [2.05, 4.69) is 21.2 Å². The van der Waals surface area contributed by atoms with Crippen molar-refractivity contribution in [1.29, 1.82) is 0 Å². The first kappa shape index (κ1) is 10.3. The molecule has 1 saturated heterocycles. The molecule has 1 N–H and O–H groups in total. The highest BCUT2D eigenvalue weighted by molar-refractivity contribution is 9.12. The molecule has 1 aliphatic carbocycles. The molecule has 78 valence electrons. The van der Waals surface area contributed by atoms with Gasteiger partial charge in [0.05, 0.1) is 0 Å². The first-order chi connectivity index (χ1) is 6.68. The largest absolute Gasteiger partial charge is 0.310 e. The zero-order chi connectivity index (χ0) is 10.1. The summed E-state index contributed by atoms with van der Waals surface area (Å²) >= 11 is 3.20. The Kier molecular flexibility index (Phi) is 3.02. The third kappa shape index (κ3) is 1.91. The monoisotopic (exact) mass is 263 g/mol. The van der Waals surface area contributed by atoms with Crippen molar-refractivity contribution in [1.82, 2.24) is 5.32 Å². The zero-order valence-electron chi connectivity index (χ0n) is 7.64. The summed E-state index contributed by atoms with van der Waals surface area (Å²) in [5.74, 6) is 0.376. The minimum atomic E-state index is -2.38. The number of hydrogen-bond acceptors (Lipinski definition) is 1. The van der Waals surface area contributed by atoms with Crippen molar-refractivity contribution in [2.45, 2.75) is 25.3 Å². The fraction of sp³-hybridized carbons (Fsp3) is 0.600. The Morgan fingerprint density at radius 2 is 2.21 bits per heavy atom. The minimum absolute atomic E-state index is 0.106. The molecule has 2 unspecified atom stereocenters. The minimum Gasteiger partial charge on any atom is -0.310 e. The van der Waals surface area contributed by atoms with Crippen molar-refractivity contribution in [2.75, 3.05) is 6.54 Å². The zero-order valence-corrected chi connectivity index (χ0v) is 9.23. The lowest BCUT2D eigenvalue weighted by atomic mass is 9.85. The van der Waals surface area contributed by atoms with Crippen LogP contribution in [0, 0.1) is 5.92 Å². The Balaban J connectivity index is 2.21. The Labute approximate surface area is 90.4 Å². The van der Waals surface area contributed by atoms with Gasteiger partial charge in [-0.3, -0.25) is 0 Å². The molecule has 0 aromatic rings. The second kappa shape index (κ2) is 4.11. The first-order valence-corrected chi connectivity index (χ1v) is 5.58. The number of fused-ring (bicyclic) bond motifs is 1. The summed E-state index contributed by atoms with van der Waals surface area (Å²) in [4.78, 5) is 0. The molecule has 1 fully saturated rings. The van der Waals surface area contributed by atoms with Gasteiger partial charge in [-0.15, -0.1) is 0 Å². The van der Waals surface area contributed by atoms with Crippen LogP contribution in [0.3, 0.4) is 0 Å². The van der Waals surface area contributed by atoms with Crippen LogP contribution in [0.1, 0.15) is 12.8 Å². The molecule has 0 aromatic heterocycles. The van der Waals surface area contributed by atoms with Crippen molar-refractivity contribution >= 4 is 15.9 Å². The molecule has 1 nitrogen and oxygen atoms in total. The second-order valence-corrected chi connectivity index (χ2v) is 4.58. The quantitative estimate of drug-likeness (QED) is 0.767. The van der Waals surface area contributed by atoms with Gasteiger partial charge in [0, 0.05) is 16.1 Å². The van der Waals surface area contributed by atoms with Gasteiger partial charge >= 0.3 is 0 Å². The lowest BCUT2D eigenvalue weighted by Crippen LogP contribution is -2.41. The van der Waals surface area contributed by atoms with E-state index in [-0.39, 0.29) is 11.6 Å². The molecule has 0 aromatic carbocycles. The number of allylic oxidation sites excluding steroid dienone is 2. The maximum absolute atomic E-state index is 12.6. The Morgan fingerprint density at radius 1 is 1.43 bits per heavy atom. The Morgan fingerprint density at radius 3 is 2.93 bits per heavy atom. The molecule has 0 saturated carbocycles. The van der Waals surface area contributed by atoms with Gasteiger partial charge in [-0.1, -0.05) is 28.1 Å². The van der Waals surface area contributed by atoms with E-state index < -0.39 is 6.43 Å². The summed E-state index contributed by atoms with van der Waals surface area (Å²) < 4.78 is 25.7. The fourth-order valence-corrected chi connectivity index (χ4v) is 2.69. The van der Waals surface area contributed by atoms with Crippen LogP contribution in [0.4, 0.5) is 8.78 Å². The van der Waals surface area contributed by atoms with Gasteiger partial charge in [-0.2, -0.15) is 0 Å². The standard InChI is InChI=1S/C10H12BrF2N/c11-8-4-6-2-1-3-14-9(6)5-7(8)10(12)13/h4-6,9-10,14H,1-3H2. The molecule has 0 bridgehead atoms. The maximum atomic E-state index is 12.6. The van der Waals surface area contributed by atoms with Gasteiger partial charge in [0.25, 0.3) is 6.43 Å². The molecule has 1 heterocycles. The number of hydrogen-bond donors (Lipinski definition) is 1. The number of halogens is 3. The topological polar surface area (TPSA) is 12.0 Å². The van der Waals surface area contributed by atoms with Crippen molar-refractivity contribution in [3.05, 3.63) is 22.2 Å². The van der Waals surface area contributed by atoms with Crippen molar-refractivity contribution in [3.63, 3.8) is 0 Å². The third-order valence-electron chi connectivity index (χ3n) is 2.79. The smallest absolute Gasteiger partial charge is 0.264 e. The van der Waals surface area contributed by atoms with Crippen molar-refractivity contribution < 1.29 is 8.78 Å². The van der Waals surface area contributed by atoms with E-state index in [0.717, 1.165) is 19.4 Å². The van der Waals surface area contributed by atoms with E-state index >= 15 is 0 Å². The number of piperidine rings is 1. The molecule has 0 spiro atoms. The molecule has 2 atom stereocenters. The van der Waals surface area contributed by atoms with Crippen LogP contribution in [-0.2, 0) is 0 Å². The molecule has 0 amide bonds. The predicted octanol–water partition coefficient (Wildman–Crippen LogP) is 2.84. The van der Waals surface area contributed by atoms with Crippen molar-refractivity contribution in [2.24, 2.45) is 5.92 Å². The number of alkyl halides is 2. The average Bonchev–Trinajstić information content (AvgIpc) is 2.16. The summed E-state index contributed by atoms with van der Waals surface area (Å²) in [6.45, 7) is 0.930. The first-order valence-electron chi connectivity index (χ1n) is 4.79. The summed E-state index contributed by atoms with van der Waals surface area (Å²) in [6, 6.07) is 0.106. The Hall–Kier alpha value is -0.220. The summed E-state index contributed by atoms with van der Waals surface area (Å²) in [5.41, 5.74) is 0.126. The fourth-order valence-electron chi connectivity index (χ4n) is 2.04. The van der Waals surface area contributed by atoms with Gasteiger partial charge in [0.2, 0.25) is 0 Å². The van der Waals surface area contributed by atoms with E-state index in [4.69, 9.17) is 0 Å². The van der Waals surface area contributed by atoms with E-state index in [9.17, 15) is 8.78 Å². The van der Waals surface area contributed by atoms with Crippen LogP contribution < -0.4 is 5.32 Å². The van der Waals surface area contributed by atoms with Gasteiger partial charge < -0.3 is 5.32 Å². The SMILES string of the molecule is FC(F)C1=CC2NCCCC2C=C1Br. The van der Waals surface area contributed by atoms with Gasteiger partial charge in [0.15, 0.2) is 0 Å². The van der Waals surface area contributed by atoms with Crippen LogP contribution in [0.25, 0.3) is 0 Å².